The molecule has 0 atom stereocenters. The number of anilines is 3. The van der Waals surface area contributed by atoms with Crippen LogP contribution in [0.4, 0.5) is 17.1 Å². The van der Waals surface area contributed by atoms with Gasteiger partial charge in [-0.25, -0.2) is 0 Å². The molecule has 1 N–H and O–H groups in total. The third-order valence-electron chi connectivity index (χ3n) is 4.22. The molecule has 0 radical (unpaired) electrons. The van der Waals surface area contributed by atoms with E-state index in [4.69, 9.17) is 0 Å². The third-order valence-corrected chi connectivity index (χ3v) is 5.19. The third kappa shape index (κ3) is 3.26. The van der Waals surface area contributed by atoms with Crippen LogP contribution in [0.5, 0.6) is 0 Å². The summed E-state index contributed by atoms with van der Waals surface area (Å²) in [4.78, 5) is 2.36. The lowest BCUT2D eigenvalue weighted by atomic mass is 10.1. The molecule has 0 unspecified atom stereocenters. The molecular weight excluding hydrogens is 326 g/mol. The van der Waals surface area contributed by atoms with Crippen molar-refractivity contribution in [1.82, 2.24) is 0 Å². The molecule has 3 aromatic carbocycles. The summed E-state index contributed by atoms with van der Waals surface area (Å²) in [5.74, 6) is 0.844. The van der Waals surface area contributed by atoms with Gasteiger partial charge in [0.25, 0.3) is 0 Å². The maximum absolute atomic E-state index is 4.65. The molecule has 0 amide bonds. The average molecular weight is 345 g/mol. The number of hydrogen-bond acceptors (Lipinski definition) is 4. The standard InChI is InChI=1S/C21H19N3S/c1-16-9-5-7-13-19(16)24-15-25-21(18-12-6-8-14-20(18)24)23-22-17-10-3-2-4-11-17/h2-14,22H,15H2,1H3/b23-21+. The quantitative estimate of drug-likeness (QED) is 0.625. The van der Waals surface area contributed by atoms with Gasteiger partial charge in [-0.3, -0.25) is 5.43 Å². The molecule has 0 aromatic heterocycles. The number of hydrogen-bond donors (Lipinski definition) is 1. The summed E-state index contributed by atoms with van der Waals surface area (Å²) < 4.78 is 0. The maximum atomic E-state index is 4.65. The zero-order valence-electron chi connectivity index (χ0n) is 14.0. The Morgan fingerprint density at radius 2 is 1.52 bits per heavy atom. The number of fused-ring (bicyclic) bond motifs is 1. The van der Waals surface area contributed by atoms with Gasteiger partial charge >= 0.3 is 0 Å². The summed E-state index contributed by atoms with van der Waals surface area (Å²) >= 11 is 1.75. The van der Waals surface area contributed by atoms with Crippen LogP contribution in [-0.2, 0) is 0 Å². The molecule has 1 heterocycles. The molecule has 0 saturated carbocycles. The largest absolute Gasteiger partial charge is 0.330 e. The number of rotatable bonds is 3. The van der Waals surface area contributed by atoms with Crippen molar-refractivity contribution < 1.29 is 0 Å². The minimum atomic E-state index is 0.844. The smallest absolute Gasteiger partial charge is 0.127 e. The van der Waals surface area contributed by atoms with E-state index in [0.717, 1.165) is 22.2 Å². The minimum absolute atomic E-state index is 0.844. The van der Waals surface area contributed by atoms with Gasteiger partial charge in [0, 0.05) is 11.3 Å². The van der Waals surface area contributed by atoms with Crippen LogP contribution in [0.15, 0.2) is 84.0 Å². The van der Waals surface area contributed by atoms with Gasteiger partial charge in [0.2, 0.25) is 0 Å². The molecule has 4 heteroatoms. The van der Waals surface area contributed by atoms with E-state index in [-0.39, 0.29) is 0 Å². The Morgan fingerprint density at radius 1 is 0.840 bits per heavy atom. The number of nitrogens with one attached hydrogen (secondary N) is 1. The van der Waals surface area contributed by atoms with Crippen molar-refractivity contribution in [3.8, 4) is 0 Å². The Kier molecular flexibility index (Phi) is 4.44. The highest BCUT2D eigenvalue weighted by Gasteiger charge is 2.24. The zero-order valence-corrected chi connectivity index (χ0v) is 14.8. The summed E-state index contributed by atoms with van der Waals surface area (Å²) in [5.41, 5.74) is 9.05. The molecule has 3 nitrogen and oxygen atoms in total. The zero-order chi connectivity index (χ0) is 17.1. The van der Waals surface area contributed by atoms with Crippen LogP contribution >= 0.6 is 11.8 Å². The van der Waals surface area contributed by atoms with E-state index in [9.17, 15) is 0 Å². The van der Waals surface area contributed by atoms with Crippen molar-refractivity contribution >= 4 is 33.9 Å². The normalized spacial score (nSPS) is 15.1. The lowest BCUT2D eigenvalue weighted by molar-refractivity contribution is 1.14. The van der Waals surface area contributed by atoms with Crippen molar-refractivity contribution in [3.63, 3.8) is 0 Å². The van der Waals surface area contributed by atoms with Gasteiger partial charge in [0.05, 0.1) is 17.3 Å². The fourth-order valence-electron chi connectivity index (χ4n) is 2.95. The van der Waals surface area contributed by atoms with Crippen LogP contribution in [0, 0.1) is 6.92 Å². The molecule has 0 fully saturated rings. The molecule has 0 bridgehead atoms. The first kappa shape index (κ1) is 15.8. The lowest BCUT2D eigenvalue weighted by Crippen LogP contribution is -2.25. The number of para-hydroxylation sites is 3. The molecule has 4 rings (SSSR count). The van der Waals surface area contributed by atoms with E-state index in [2.05, 4.69) is 70.9 Å². The molecule has 3 aromatic rings. The van der Waals surface area contributed by atoms with Crippen LogP contribution in [0.3, 0.4) is 0 Å². The Morgan fingerprint density at radius 3 is 2.32 bits per heavy atom. The Bertz CT molecular complexity index is 906. The minimum Gasteiger partial charge on any atom is -0.330 e. The van der Waals surface area contributed by atoms with Crippen molar-refractivity contribution in [2.24, 2.45) is 5.10 Å². The average Bonchev–Trinajstić information content (AvgIpc) is 2.67. The van der Waals surface area contributed by atoms with Crippen molar-refractivity contribution in [1.29, 1.82) is 0 Å². The van der Waals surface area contributed by atoms with E-state index in [1.807, 2.05) is 30.3 Å². The van der Waals surface area contributed by atoms with Crippen LogP contribution in [-0.4, -0.2) is 10.9 Å². The van der Waals surface area contributed by atoms with Gasteiger partial charge in [-0.2, -0.15) is 5.10 Å². The second-order valence-electron chi connectivity index (χ2n) is 5.90. The van der Waals surface area contributed by atoms with E-state index < -0.39 is 0 Å². The van der Waals surface area contributed by atoms with Gasteiger partial charge < -0.3 is 4.90 Å². The van der Waals surface area contributed by atoms with E-state index in [0.29, 0.717) is 0 Å². The highest BCUT2D eigenvalue weighted by molar-refractivity contribution is 8.14. The summed E-state index contributed by atoms with van der Waals surface area (Å²) in [6.07, 6.45) is 0. The Balaban J connectivity index is 1.69. The summed E-state index contributed by atoms with van der Waals surface area (Å²) in [5, 5.41) is 5.67. The first-order chi connectivity index (χ1) is 12.3. The molecule has 1 aliphatic rings. The predicted octanol–water partition coefficient (Wildman–Crippen LogP) is 5.61. The van der Waals surface area contributed by atoms with Gasteiger partial charge in [-0.1, -0.05) is 66.4 Å². The number of thioether (sulfide) groups is 1. The number of aryl methyl sites for hydroxylation is 1. The highest BCUT2D eigenvalue weighted by Crippen LogP contribution is 2.38. The van der Waals surface area contributed by atoms with Crippen LogP contribution < -0.4 is 10.3 Å². The first-order valence-electron chi connectivity index (χ1n) is 8.27. The topological polar surface area (TPSA) is 27.6 Å². The molecule has 25 heavy (non-hydrogen) atoms. The molecular formula is C21H19N3S. The maximum Gasteiger partial charge on any atom is 0.127 e. The Labute approximate surface area is 152 Å². The fourth-order valence-corrected chi connectivity index (χ4v) is 3.92. The van der Waals surface area contributed by atoms with Crippen LogP contribution in [0.2, 0.25) is 0 Å². The summed E-state index contributed by atoms with van der Waals surface area (Å²) in [7, 11) is 0. The van der Waals surface area contributed by atoms with E-state index in [1.54, 1.807) is 11.8 Å². The van der Waals surface area contributed by atoms with Gasteiger partial charge in [0.15, 0.2) is 0 Å². The van der Waals surface area contributed by atoms with Gasteiger partial charge in [-0.15, -0.1) is 0 Å². The monoisotopic (exact) mass is 345 g/mol. The van der Waals surface area contributed by atoms with E-state index >= 15 is 0 Å². The second kappa shape index (κ2) is 7.03. The van der Waals surface area contributed by atoms with Crippen LogP contribution in [0.1, 0.15) is 11.1 Å². The van der Waals surface area contributed by atoms with Gasteiger partial charge in [-0.05, 0) is 36.8 Å². The Hall–Kier alpha value is -2.72. The molecule has 0 saturated heterocycles. The van der Waals surface area contributed by atoms with Gasteiger partial charge in [0.1, 0.15) is 5.04 Å². The number of benzene rings is 3. The predicted molar refractivity (Wildman–Crippen MR) is 109 cm³/mol. The van der Waals surface area contributed by atoms with Crippen molar-refractivity contribution in [2.45, 2.75) is 6.92 Å². The highest BCUT2D eigenvalue weighted by atomic mass is 32.2. The van der Waals surface area contributed by atoms with Crippen LogP contribution in [0.25, 0.3) is 0 Å². The molecule has 0 spiro atoms. The molecule has 0 aliphatic carbocycles. The molecule has 124 valence electrons. The van der Waals surface area contributed by atoms with Crippen molar-refractivity contribution in [3.05, 3.63) is 90.0 Å². The second-order valence-corrected chi connectivity index (χ2v) is 6.83. The lowest BCUT2D eigenvalue weighted by Gasteiger charge is -2.32. The summed E-state index contributed by atoms with van der Waals surface area (Å²) in [6, 6.07) is 27.0. The number of hydrazone groups is 1. The first-order valence-corrected chi connectivity index (χ1v) is 9.25. The van der Waals surface area contributed by atoms with E-state index in [1.165, 1.54) is 16.9 Å². The fraction of sp³-hybridized carbons (Fsp3) is 0.0952. The SMILES string of the molecule is Cc1ccccc1N1CS/C(=N/Nc2ccccc2)c2ccccc21. The molecule has 1 aliphatic heterocycles. The van der Waals surface area contributed by atoms with Crippen molar-refractivity contribution in [2.75, 3.05) is 16.2 Å². The summed E-state index contributed by atoms with van der Waals surface area (Å²) in [6.45, 7) is 2.16. The number of nitrogens with zero attached hydrogens (tertiary/aromatic N) is 2.